The van der Waals surface area contributed by atoms with Crippen LogP contribution in [0.25, 0.3) is 10.9 Å². The van der Waals surface area contributed by atoms with E-state index >= 15 is 0 Å². The largest absolute Gasteiger partial charge is 0.494 e. The molecule has 2 saturated heterocycles. The van der Waals surface area contributed by atoms with E-state index in [4.69, 9.17) is 16.3 Å². The number of halogens is 2. The Balaban J connectivity index is 0.00000541. The fourth-order valence-electron chi connectivity index (χ4n) is 6.29. The highest BCUT2D eigenvalue weighted by Gasteiger charge is 2.42. The molecule has 3 atom stereocenters. The Morgan fingerprint density at radius 3 is 2.41 bits per heavy atom. The van der Waals surface area contributed by atoms with Gasteiger partial charge in [0.05, 0.1) is 35.1 Å². The third-order valence-corrected chi connectivity index (χ3v) is 9.49. The Morgan fingerprint density at radius 2 is 1.76 bits per heavy atom. The fourth-order valence-corrected chi connectivity index (χ4v) is 6.59. The van der Waals surface area contributed by atoms with Gasteiger partial charge in [-0.25, -0.2) is 9.97 Å². The van der Waals surface area contributed by atoms with Crippen LogP contribution < -0.4 is 30.9 Å². The SMILES string of the molecule is CN[C@@H](C)C(=O)N[C@H](C(=O)N1CCCC1C(=O)Nc1cc2c(Nc3ccc(N4CCCCC4)c(Cl)c3)ncnc2cc1OC)C(C)(C)C.Cl. The molecule has 266 valence electrons. The zero-order valence-corrected chi connectivity index (χ0v) is 30.6. The second kappa shape index (κ2) is 16.2. The minimum Gasteiger partial charge on any atom is -0.494 e. The number of benzene rings is 2. The summed E-state index contributed by atoms with van der Waals surface area (Å²) in [6, 6.07) is 7.42. The summed E-state index contributed by atoms with van der Waals surface area (Å²) >= 11 is 6.73. The highest BCUT2D eigenvalue weighted by molar-refractivity contribution is 6.33. The van der Waals surface area contributed by atoms with Crippen molar-refractivity contribution in [2.75, 3.05) is 49.3 Å². The van der Waals surface area contributed by atoms with E-state index in [2.05, 4.69) is 36.1 Å². The molecule has 5 rings (SSSR count). The third kappa shape index (κ3) is 8.66. The summed E-state index contributed by atoms with van der Waals surface area (Å²) in [5.41, 5.74) is 2.26. The summed E-state index contributed by atoms with van der Waals surface area (Å²) in [6.45, 7) is 9.83. The van der Waals surface area contributed by atoms with Crippen LogP contribution in [-0.4, -0.2) is 84.5 Å². The monoisotopic (exact) mass is 714 g/mol. The molecule has 49 heavy (non-hydrogen) atoms. The number of nitrogens with zero attached hydrogens (tertiary/aromatic N) is 4. The third-order valence-electron chi connectivity index (χ3n) is 9.19. The van der Waals surface area contributed by atoms with Crippen molar-refractivity contribution in [3.05, 3.63) is 41.7 Å². The molecule has 2 aliphatic rings. The van der Waals surface area contributed by atoms with Gasteiger partial charge >= 0.3 is 0 Å². The number of amides is 3. The molecule has 2 aliphatic heterocycles. The molecule has 3 amide bonds. The van der Waals surface area contributed by atoms with E-state index in [0.29, 0.717) is 52.6 Å². The number of ether oxygens (including phenoxy) is 1. The summed E-state index contributed by atoms with van der Waals surface area (Å²) in [5, 5.41) is 13.5. The van der Waals surface area contributed by atoms with Gasteiger partial charge in [0.2, 0.25) is 17.7 Å². The molecular formula is C35H48Cl2N8O4. The molecule has 0 aliphatic carbocycles. The average Bonchev–Trinajstić information content (AvgIpc) is 3.57. The molecule has 4 N–H and O–H groups in total. The Labute approximate surface area is 299 Å². The number of carbonyl (C=O) groups excluding carboxylic acids is 3. The van der Waals surface area contributed by atoms with Gasteiger partial charge in [-0.1, -0.05) is 32.4 Å². The summed E-state index contributed by atoms with van der Waals surface area (Å²) in [4.78, 5) is 53.3. The van der Waals surface area contributed by atoms with Gasteiger partial charge in [-0.05, 0) is 75.8 Å². The first-order valence-corrected chi connectivity index (χ1v) is 17.0. The second-order valence-corrected chi connectivity index (χ2v) is 14.0. The van der Waals surface area contributed by atoms with Crippen LogP contribution in [0.3, 0.4) is 0 Å². The summed E-state index contributed by atoms with van der Waals surface area (Å²) in [5.74, 6) is 0.0572. The molecule has 1 unspecified atom stereocenters. The lowest BCUT2D eigenvalue weighted by Gasteiger charge is -2.36. The molecule has 0 bridgehead atoms. The van der Waals surface area contributed by atoms with Crippen LogP contribution in [0.1, 0.15) is 59.8 Å². The Bertz CT molecular complexity index is 1660. The van der Waals surface area contributed by atoms with E-state index in [9.17, 15) is 14.4 Å². The van der Waals surface area contributed by atoms with Crippen molar-refractivity contribution in [3.63, 3.8) is 0 Å². The average molecular weight is 716 g/mol. The predicted molar refractivity (Wildman–Crippen MR) is 197 cm³/mol. The van der Waals surface area contributed by atoms with Crippen LogP contribution in [0.4, 0.5) is 22.9 Å². The van der Waals surface area contributed by atoms with Gasteiger partial charge in [0.25, 0.3) is 0 Å². The van der Waals surface area contributed by atoms with Crippen molar-refractivity contribution in [2.45, 2.75) is 77.9 Å². The van der Waals surface area contributed by atoms with Crippen molar-refractivity contribution < 1.29 is 19.1 Å². The molecule has 2 fully saturated rings. The van der Waals surface area contributed by atoms with Crippen molar-refractivity contribution in [3.8, 4) is 5.75 Å². The minimum atomic E-state index is -0.808. The number of fused-ring (bicyclic) bond motifs is 1. The predicted octanol–water partition coefficient (Wildman–Crippen LogP) is 5.52. The lowest BCUT2D eigenvalue weighted by molar-refractivity contribution is -0.143. The maximum Gasteiger partial charge on any atom is 0.247 e. The first kappa shape index (κ1) is 37.9. The molecule has 0 radical (unpaired) electrons. The van der Waals surface area contributed by atoms with E-state index in [1.54, 1.807) is 31.0 Å². The van der Waals surface area contributed by atoms with Crippen molar-refractivity contribution in [2.24, 2.45) is 5.41 Å². The maximum absolute atomic E-state index is 13.9. The number of carbonyl (C=O) groups is 3. The Morgan fingerprint density at radius 1 is 1.02 bits per heavy atom. The Hall–Kier alpha value is -3.87. The van der Waals surface area contributed by atoms with Gasteiger partial charge in [0, 0.05) is 36.8 Å². The summed E-state index contributed by atoms with van der Waals surface area (Å²) in [6.07, 6.45) is 6.19. The molecule has 1 aromatic heterocycles. The standard InChI is InChI=1S/C35H47ClN8O4.ClH/c1-21(37-5)32(45)42-30(35(2,3)4)34(47)44-16-10-11-28(44)33(46)41-26-18-23-25(19-29(26)48-6)38-20-39-31(23)40-22-12-13-27(24(36)17-22)43-14-8-7-9-15-43;/h12-13,17-21,28,30,37H,7-11,14-16H2,1-6H3,(H,41,46)(H,42,45)(H,38,39,40);1H/t21-,28?,30+;/m0./s1. The molecular weight excluding hydrogens is 667 g/mol. The smallest absolute Gasteiger partial charge is 0.247 e. The molecule has 12 nitrogen and oxygen atoms in total. The van der Waals surface area contributed by atoms with Crippen LogP contribution in [0.5, 0.6) is 5.75 Å². The number of hydrogen-bond acceptors (Lipinski definition) is 9. The van der Waals surface area contributed by atoms with Crippen LogP contribution in [0, 0.1) is 5.41 Å². The zero-order valence-electron chi connectivity index (χ0n) is 29.1. The van der Waals surface area contributed by atoms with E-state index in [1.165, 1.54) is 19.9 Å². The highest BCUT2D eigenvalue weighted by atomic mass is 35.5. The lowest BCUT2D eigenvalue weighted by atomic mass is 9.85. The zero-order chi connectivity index (χ0) is 34.6. The van der Waals surface area contributed by atoms with E-state index in [1.807, 2.05) is 39.0 Å². The quantitative estimate of drug-likeness (QED) is 0.214. The number of anilines is 4. The number of likely N-dealkylation sites (tertiary alicyclic amines) is 1. The second-order valence-electron chi connectivity index (χ2n) is 13.6. The number of likely N-dealkylation sites (N-methyl/N-ethyl adjacent to an activating group) is 1. The molecule has 3 aromatic rings. The molecule has 2 aromatic carbocycles. The van der Waals surface area contributed by atoms with Gasteiger partial charge in [-0.15, -0.1) is 12.4 Å². The van der Waals surface area contributed by atoms with Crippen molar-refractivity contribution in [1.29, 1.82) is 0 Å². The van der Waals surface area contributed by atoms with Crippen LogP contribution in [0.15, 0.2) is 36.7 Å². The molecule has 14 heteroatoms. The number of methoxy groups -OCH3 is 1. The molecule has 0 spiro atoms. The number of aromatic nitrogens is 2. The van der Waals surface area contributed by atoms with Gasteiger partial charge in [0.15, 0.2) is 0 Å². The topological polar surface area (TPSA) is 141 Å². The number of hydrogen-bond donors (Lipinski definition) is 4. The summed E-state index contributed by atoms with van der Waals surface area (Å²) < 4.78 is 5.64. The lowest BCUT2D eigenvalue weighted by Crippen LogP contribution is -2.59. The number of rotatable bonds is 10. The van der Waals surface area contributed by atoms with Crippen molar-refractivity contribution >= 4 is 75.5 Å². The first-order chi connectivity index (χ1) is 22.9. The van der Waals surface area contributed by atoms with E-state index in [-0.39, 0.29) is 30.1 Å². The van der Waals surface area contributed by atoms with E-state index < -0.39 is 23.5 Å². The maximum atomic E-state index is 13.9. The number of piperidine rings is 1. The van der Waals surface area contributed by atoms with Crippen LogP contribution >= 0.6 is 24.0 Å². The van der Waals surface area contributed by atoms with Crippen LogP contribution in [-0.2, 0) is 14.4 Å². The van der Waals surface area contributed by atoms with Crippen molar-refractivity contribution in [1.82, 2.24) is 25.5 Å². The highest BCUT2D eigenvalue weighted by Crippen LogP contribution is 2.36. The fraction of sp³-hybridized carbons (Fsp3) is 0.514. The van der Waals surface area contributed by atoms with Gasteiger partial charge < -0.3 is 35.8 Å². The first-order valence-electron chi connectivity index (χ1n) is 16.6. The van der Waals surface area contributed by atoms with Gasteiger partial charge in [-0.3, -0.25) is 14.4 Å². The van der Waals surface area contributed by atoms with Gasteiger partial charge in [0.1, 0.15) is 30.0 Å². The minimum absolute atomic E-state index is 0. The van der Waals surface area contributed by atoms with Gasteiger partial charge in [-0.2, -0.15) is 0 Å². The molecule has 0 saturated carbocycles. The van der Waals surface area contributed by atoms with Crippen LogP contribution in [0.2, 0.25) is 5.02 Å². The van der Waals surface area contributed by atoms with E-state index in [0.717, 1.165) is 37.3 Å². The Kier molecular flexibility index (Phi) is 12.6. The molecule has 3 heterocycles. The normalized spacial score (nSPS) is 17.6. The summed E-state index contributed by atoms with van der Waals surface area (Å²) in [7, 11) is 3.21. The number of nitrogens with one attached hydrogen (secondary N) is 4.